The van der Waals surface area contributed by atoms with Crippen molar-refractivity contribution in [3.05, 3.63) is 34.2 Å². The zero-order valence-corrected chi connectivity index (χ0v) is 9.74. The molecule has 0 aliphatic carbocycles. The van der Waals surface area contributed by atoms with Gasteiger partial charge in [-0.15, -0.1) is 0 Å². The van der Waals surface area contributed by atoms with Crippen molar-refractivity contribution in [2.24, 2.45) is 0 Å². The molecule has 0 radical (unpaired) electrons. The minimum absolute atomic E-state index is 0.0289. The van der Waals surface area contributed by atoms with Crippen LogP contribution in [-0.4, -0.2) is 16.1 Å². The Hall–Kier alpha value is -1.07. The quantitative estimate of drug-likeness (QED) is 0.582. The minimum atomic E-state index is -4.31. The molecule has 0 fully saturated rings. The van der Waals surface area contributed by atoms with Crippen molar-refractivity contribution in [3.63, 3.8) is 0 Å². The number of rotatable bonds is 1. The first-order valence-corrected chi connectivity index (χ1v) is 5.30. The molecule has 1 heterocycles. The van der Waals surface area contributed by atoms with Gasteiger partial charge in [0.05, 0.1) is 11.9 Å². The predicted molar refractivity (Wildman–Crippen MR) is 59.3 cm³/mol. The number of hydrogen-bond acceptors (Lipinski definition) is 2. The highest BCUT2D eigenvalue weighted by molar-refractivity contribution is 6.35. The van der Waals surface area contributed by atoms with Gasteiger partial charge in [-0.1, -0.05) is 23.7 Å². The van der Waals surface area contributed by atoms with E-state index in [1.54, 1.807) is 6.07 Å². The second-order valence-corrected chi connectivity index (χ2v) is 4.08. The monoisotopic (exact) mass is 280 g/mol. The summed E-state index contributed by atoms with van der Waals surface area (Å²) in [6.07, 6.45) is -5.38. The fraction of sp³-hybridized carbons (Fsp3) is 0.200. The minimum Gasteiger partial charge on any atom is -0.217 e. The van der Waals surface area contributed by atoms with Crippen LogP contribution in [0.15, 0.2) is 18.2 Å². The number of aromatic nitrogens is 2. The summed E-state index contributed by atoms with van der Waals surface area (Å²) in [5.74, 6) is 0. The summed E-state index contributed by atoms with van der Waals surface area (Å²) in [5, 5.41) is 0.235. The summed E-state index contributed by atoms with van der Waals surface area (Å²) in [6.45, 7) is 0. The molecule has 0 bridgehead atoms. The van der Waals surface area contributed by atoms with Crippen LogP contribution in [0.1, 0.15) is 5.56 Å². The fourth-order valence-corrected chi connectivity index (χ4v) is 1.95. The van der Waals surface area contributed by atoms with Gasteiger partial charge < -0.3 is 0 Å². The van der Waals surface area contributed by atoms with Crippen LogP contribution in [0, 0.1) is 0 Å². The lowest BCUT2D eigenvalue weighted by atomic mass is 10.1. The van der Waals surface area contributed by atoms with Gasteiger partial charge in [-0.05, 0) is 23.2 Å². The second-order valence-electron chi connectivity index (χ2n) is 3.39. The van der Waals surface area contributed by atoms with Crippen molar-refractivity contribution >= 4 is 34.1 Å². The van der Waals surface area contributed by atoms with E-state index in [0.717, 1.165) is 0 Å². The fourth-order valence-electron chi connectivity index (χ4n) is 1.51. The number of alkyl halides is 3. The van der Waals surface area contributed by atoms with E-state index < -0.39 is 12.6 Å². The molecule has 2 aromatic rings. The van der Waals surface area contributed by atoms with Gasteiger partial charge in [0.1, 0.15) is 5.15 Å². The summed E-state index contributed by atoms with van der Waals surface area (Å²) in [5.41, 5.74) is 0.163. The number of nitrogens with zero attached hydrogens (tertiary/aromatic N) is 2. The Labute approximate surface area is 104 Å². The average molecular weight is 281 g/mol. The molecular formula is C10H5Cl2F3N2. The van der Waals surface area contributed by atoms with E-state index in [0.29, 0.717) is 5.39 Å². The van der Waals surface area contributed by atoms with Crippen molar-refractivity contribution in [2.45, 2.75) is 12.6 Å². The molecule has 1 aromatic heterocycles. The number of benzene rings is 1. The summed E-state index contributed by atoms with van der Waals surface area (Å²) in [7, 11) is 0. The van der Waals surface area contributed by atoms with Crippen LogP contribution in [0.4, 0.5) is 13.2 Å². The third-order valence-corrected chi connectivity index (χ3v) is 2.58. The summed E-state index contributed by atoms with van der Waals surface area (Å²) >= 11 is 11.4. The van der Waals surface area contributed by atoms with E-state index in [4.69, 9.17) is 23.2 Å². The lowest BCUT2D eigenvalue weighted by Gasteiger charge is -2.09. The first-order chi connectivity index (χ1) is 7.87. The molecule has 7 heteroatoms. The number of fused-ring (bicyclic) bond motifs is 1. The van der Waals surface area contributed by atoms with E-state index >= 15 is 0 Å². The van der Waals surface area contributed by atoms with Crippen LogP contribution < -0.4 is 0 Å². The van der Waals surface area contributed by atoms with Crippen LogP contribution in [0.25, 0.3) is 10.9 Å². The first-order valence-electron chi connectivity index (χ1n) is 4.54. The van der Waals surface area contributed by atoms with E-state index in [1.807, 2.05) is 0 Å². The van der Waals surface area contributed by atoms with Gasteiger partial charge in [0.2, 0.25) is 5.28 Å². The molecule has 17 heavy (non-hydrogen) atoms. The first kappa shape index (κ1) is 12.4. The lowest BCUT2D eigenvalue weighted by Crippen LogP contribution is -2.12. The Morgan fingerprint density at radius 2 is 1.82 bits per heavy atom. The van der Waals surface area contributed by atoms with Crippen molar-refractivity contribution in [2.75, 3.05) is 0 Å². The molecule has 0 atom stereocenters. The van der Waals surface area contributed by atoms with E-state index in [2.05, 4.69) is 9.97 Å². The van der Waals surface area contributed by atoms with Gasteiger partial charge in [0.15, 0.2) is 0 Å². The maximum atomic E-state index is 12.4. The Morgan fingerprint density at radius 3 is 2.47 bits per heavy atom. The molecule has 2 nitrogen and oxygen atoms in total. The third kappa shape index (κ3) is 2.79. The Morgan fingerprint density at radius 1 is 1.12 bits per heavy atom. The Kier molecular flexibility index (Phi) is 3.14. The molecule has 0 N–H and O–H groups in total. The molecule has 2 rings (SSSR count). The normalized spacial score (nSPS) is 12.1. The van der Waals surface area contributed by atoms with E-state index in [9.17, 15) is 13.2 Å². The maximum absolute atomic E-state index is 12.4. The van der Waals surface area contributed by atoms with Crippen molar-refractivity contribution in [1.29, 1.82) is 0 Å². The van der Waals surface area contributed by atoms with E-state index in [1.165, 1.54) is 12.1 Å². The summed E-state index contributed by atoms with van der Waals surface area (Å²) in [6, 6.07) is 4.37. The molecule has 0 saturated carbocycles. The highest BCUT2D eigenvalue weighted by atomic mass is 35.5. The SMILES string of the molecule is FC(F)(F)Cc1cccc2c(Cl)nc(Cl)nc12. The molecule has 0 saturated heterocycles. The second kappa shape index (κ2) is 4.31. The van der Waals surface area contributed by atoms with Gasteiger partial charge in [0, 0.05) is 5.39 Å². The summed E-state index contributed by atoms with van der Waals surface area (Å²) < 4.78 is 37.1. The van der Waals surface area contributed by atoms with E-state index in [-0.39, 0.29) is 21.5 Å². The van der Waals surface area contributed by atoms with Crippen LogP contribution >= 0.6 is 23.2 Å². The lowest BCUT2D eigenvalue weighted by molar-refractivity contribution is -0.127. The molecule has 0 aliphatic heterocycles. The van der Waals surface area contributed by atoms with Crippen molar-refractivity contribution in [1.82, 2.24) is 9.97 Å². The van der Waals surface area contributed by atoms with Crippen molar-refractivity contribution in [3.8, 4) is 0 Å². The predicted octanol–water partition coefficient (Wildman–Crippen LogP) is 4.04. The van der Waals surface area contributed by atoms with Gasteiger partial charge in [-0.2, -0.15) is 13.2 Å². The Balaban J connectivity index is 2.64. The highest BCUT2D eigenvalue weighted by Crippen LogP contribution is 2.29. The summed E-state index contributed by atoms with van der Waals surface area (Å²) in [4.78, 5) is 7.47. The van der Waals surface area contributed by atoms with Crippen LogP contribution in [-0.2, 0) is 6.42 Å². The standard InChI is InChI=1S/C10H5Cl2F3N2/c11-8-6-3-1-2-5(4-10(13,14)15)7(6)16-9(12)17-8/h1-3H,4H2. The third-order valence-electron chi connectivity index (χ3n) is 2.13. The number of para-hydroxylation sites is 1. The molecule has 1 aromatic carbocycles. The van der Waals surface area contributed by atoms with Crippen LogP contribution in [0.3, 0.4) is 0 Å². The van der Waals surface area contributed by atoms with Gasteiger partial charge >= 0.3 is 6.18 Å². The Bertz CT molecular complexity index is 569. The largest absolute Gasteiger partial charge is 0.393 e. The zero-order chi connectivity index (χ0) is 12.6. The molecular weight excluding hydrogens is 276 g/mol. The maximum Gasteiger partial charge on any atom is 0.393 e. The van der Waals surface area contributed by atoms with Gasteiger partial charge in [-0.25, -0.2) is 9.97 Å². The molecule has 0 spiro atoms. The van der Waals surface area contributed by atoms with Gasteiger partial charge in [-0.3, -0.25) is 0 Å². The van der Waals surface area contributed by atoms with Crippen molar-refractivity contribution < 1.29 is 13.2 Å². The van der Waals surface area contributed by atoms with Crippen LogP contribution in [0.5, 0.6) is 0 Å². The average Bonchev–Trinajstić information content (AvgIpc) is 2.17. The van der Waals surface area contributed by atoms with Gasteiger partial charge in [0.25, 0.3) is 0 Å². The topological polar surface area (TPSA) is 25.8 Å². The smallest absolute Gasteiger partial charge is 0.217 e. The number of hydrogen-bond donors (Lipinski definition) is 0. The number of halogens is 5. The molecule has 0 unspecified atom stereocenters. The molecule has 90 valence electrons. The zero-order valence-electron chi connectivity index (χ0n) is 8.22. The van der Waals surface area contributed by atoms with Crippen LogP contribution in [0.2, 0.25) is 10.4 Å². The molecule has 0 amide bonds. The molecule has 0 aliphatic rings. The highest BCUT2D eigenvalue weighted by Gasteiger charge is 2.29.